The molecule has 1 aliphatic carbocycles. The van der Waals surface area contributed by atoms with Gasteiger partial charge in [0.2, 0.25) is 0 Å². The first-order valence-electron chi connectivity index (χ1n) is 9.65. The van der Waals surface area contributed by atoms with E-state index in [-0.39, 0.29) is 23.7 Å². The fourth-order valence-corrected chi connectivity index (χ4v) is 4.55. The summed E-state index contributed by atoms with van der Waals surface area (Å²) in [6, 6.07) is 16.3. The Morgan fingerprint density at radius 1 is 0.926 bits per heavy atom. The van der Waals surface area contributed by atoms with E-state index in [1.54, 1.807) is 12.1 Å². The predicted molar refractivity (Wildman–Crippen MR) is 104 cm³/mol. The van der Waals surface area contributed by atoms with Gasteiger partial charge in [-0.25, -0.2) is 0 Å². The number of aliphatic hydroxyl groups is 1. The van der Waals surface area contributed by atoms with Crippen molar-refractivity contribution in [1.82, 2.24) is 0 Å². The second kappa shape index (κ2) is 8.39. The van der Waals surface area contributed by atoms with Crippen LogP contribution in [0.15, 0.2) is 54.6 Å². The van der Waals surface area contributed by atoms with Gasteiger partial charge in [0.25, 0.3) is 0 Å². The Bertz CT molecular complexity index is 703. The SMILES string of the molecule is OCC1(c2ccccc2)CCC(CC(CF)(CF)c2ccc(O)cc2)CC1. The topological polar surface area (TPSA) is 40.5 Å². The van der Waals surface area contributed by atoms with Crippen LogP contribution in [0.2, 0.25) is 0 Å². The number of aliphatic hydroxyl groups excluding tert-OH is 1. The fourth-order valence-electron chi connectivity index (χ4n) is 4.55. The van der Waals surface area contributed by atoms with Crippen molar-refractivity contribution >= 4 is 0 Å². The van der Waals surface area contributed by atoms with Crippen molar-refractivity contribution in [3.05, 3.63) is 65.7 Å². The van der Waals surface area contributed by atoms with E-state index in [4.69, 9.17) is 0 Å². The average molecular weight is 374 g/mol. The van der Waals surface area contributed by atoms with Gasteiger partial charge in [0.05, 0.1) is 12.0 Å². The third-order valence-electron chi connectivity index (χ3n) is 6.42. The highest BCUT2D eigenvalue weighted by atomic mass is 19.1. The molecule has 2 N–H and O–H groups in total. The van der Waals surface area contributed by atoms with Crippen LogP contribution >= 0.6 is 0 Å². The zero-order valence-electron chi connectivity index (χ0n) is 15.6. The summed E-state index contributed by atoms with van der Waals surface area (Å²) in [6.07, 6.45) is 3.77. The predicted octanol–water partition coefficient (Wildman–Crippen LogP) is 5.08. The summed E-state index contributed by atoms with van der Waals surface area (Å²) < 4.78 is 28.0. The van der Waals surface area contributed by atoms with Gasteiger partial charge >= 0.3 is 0 Å². The summed E-state index contributed by atoms with van der Waals surface area (Å²) in [6.45, 7) is -1.41. The molecule has 0 heterocycles. The Hall–Kier alpha value is -1.94. The molecule has 1 saturated carbocycles. The van der Waals surface area contributed by atoms with Crippen LogP contribution in [0.3, 0.4) is 0 Å². The molecule has 0 bridgehead atoms. The van der Waals surface area contributed by atoms with Crippen LogP contribution in [0.5, 0.6) is 5.75 Å². The number of hydrogen-bond acceptors (Lipinski definition) is 2. The summed E-state index contributed by atoms with van der Waals surface area (Å²) in [5.74, 6) is 0.312. The van der Waals surface area contributed by atoms with Crippen molar-refractivity contribution in [3.8, 4) is 5.75 Å². The third-order valence-corrected chi connectivity index (χ3v) is 6.42. The number of halogens is 2. The summed E-state index contributed by atoms with van der Waals surface area (Å²) in [5.41, 5.74) is 0.355. The largest absolute Gasteiger partial charge is 0.508 e. The number of benzene rings is 2. The minimum absolute atomic E-state index is 0.0959. The van der Waals surface area contributed by atoms with E-state index in [0.717, 1.165) is 31.2 Å². The van der Waals surface area contributed by atoms with E-state index >= 15 is 0 Å². The molecule has 27 heavy (non-hydrogen) atoms. The molecule has 2 aromatic rings. The van der Waals surface area contributed by atoms with Crippen LogP contribution in [-0.2, 0) is 10.8 Å². The second-order valence-electron chi connectivity index (χ2n) is 8.05. The van der Waals surface area contributed by atoms with Crippen molar-refractivity contribution in [1.29, 1.82) is 0 Å². The Labute approximate surface area is 159 Å². The van der Waals surface area contributed by atoms with Gasteiger partial charge in [0.15, 0.2) is 0 Å². The van der Waals surface area contributed by atoms with Gasteiger partial charge < -0.3 is 10.2 Å². The lowest BCUT2D eigenvalue weighted by Gasteiger charge is -2.42. The lowest BCUT2D eigenvalue weighted by molar-refractivity contribution is 0.108. The molecule has 0 saturated heterocycles. The lowest BCUT2D eigenvalue weighted by Crippen LogP contribution is -2.39. The van der Waals surface area contributed by atoms with Crippen LogP contribution in [0.4, 0.5) is 8.78 Å². The Balaban J connectivity index is 1.74. The first-order chi connectivity index (χ1) is 13.1. The van der Waals surface area contributed by atoms with E-state index in [1.165, 1.54) is 12.1 Å². The molecule has 2 aromatic carbocycles. The van der Waals surface area contributed by atoms with E-state index in [1.807, 2.05) is 18.2 Å². The standard InChI is InChI=1S/C23H28F2O2/c24-15-23(16-25,20-6-8-21(27)9-7-20)14-18-10-12-22(17-26,13-11-18)19-4-2-1-3-5-19/h1-9,18,26-27H,10-17H2. The van der Waals surface area contributed by atoms with Crippen molar-refractivity contribution in [2.75, 3.05) is 20.0 Å². The molecule has 0 unspecified atom stereocenters. The number of hydrogen-bond donors (Lipinski definition) is 2. The Morgan fingerprint density at radius 2 is 1.52 bits per heavy atom. The van der Waals surface area contributed by atoms with Crippen LogP contribution in [0.25, 0.3) is 0 Å². The number of alkyl halides is 2. The molecular formula is C23H28F2O2. The molecule has 1 aliphatic rings. The van der Waals surface area contributed by atoms with Gasteiger partial charge in [0, 0.05) is 5.41 Å². The number of aromatic hydroxyl groups is 1. The summed E-state index contributed by atoms with van der Waals surface area (Å²) in [7, 11) is 0. The Morgan fingerprint density at radius 3 is 2.04 bits per heavy atom. The summed E-state index contributed by atoms with van der Waals surface area (Å²) in [4.78, 5) is 0. The van der Waals surface area contributed by atoms with Crippen molar-refractivity contribution in [3.63, 3.8) is 0 Å². The molecule has 3 rings (SSSR count). The molecule has 146 valence electrons. The normalized spacial score (nSPS) is 23.3. The molecule has 0 atom stereocenters. The van der Waals surface area contributed by atoms with Gasteiger partial charge in [0.1, 0.15) is 19.1 Å². The minimum atomic E-state index is -1.15. The maximum atomic E-state index is 14.0. The third kappa shape index (κ3) is 4.01. The molecule has 0 radical (unpaired) electrons. The van der Waals surface area contributed by atoms with E-state index in [0.29, 0.717) is 12.0 Å². The molecule has 0 spiro atoms. The smallest absolute Gasteiger partial charge is 0.115 e. The number of phenolic OH excluding ortho intramolecular Hbond substituents is 1. The Kier molecular flexibility index (Phi) is 6.15. The minimum Gasteiger partial charge on any atom is -0.508 e. The molecular weight excluding hydrogens is 346 g/mol. The zero-order chi connectivity index (χ0) is 19.3. The molecule has 0 amide bonds. The summed E-state index contributed by atoms with van der Waals surface area (Å²) >= 11 is 0. The van der Waals surface area contributed by atoms with Gasteiger partial charge in [-0.15, -0.1) is 0 Å². The number of phenols is 1. The highest BCUT2D eigenvalue weighted by Gasteiger charge is 2.41. The lowest BCUT2D eigenvalue weighted by atomic mass is 9.64. The van der Waals surface area contributed by atoms with E-state index in [2.05, 4.69) is 12.1 Å². The molecule has 4 heteroatoms. The summed E-state index contributed by atoms with van der Waals surface area (Å²) in [5, 5.41) is 19.5. The first kappa shape index (κ1) is 19.8. The van der Waals surface area contributed by atoms with Crippen molar-refractivity contribution in [2.45, 2.75) is 42.9 Å². The molecule has 0 aromatic heterocycles. The van der Waals surface area contributed by atoms with Gasteiger partial charge in [-0.05, 0) is 61.3 Å². The van der Waals surface area contributed by atoms with E-state index < -0.39 is 18.8 Å². The van der Waals surface area contributed by atoms with Crippen LogP contribution in [0, 0.1) is 5.92 Å². The quantitative estimate of drug-likeness (QED) is 0.709. The van der Waals surface area contributed by atoms with Crippen LogP contribution in [-0.4, -0.2) is 30.2 Å². The monoisotopic (exact) mass is 374 g/mol. The zero-order valence-corrected chi connectivity index (χ0v) is 15.6. The number of rotatable bonds is 7. The molecule has 1 fully saturated rings. The van der Waals surface area contributed by atoms with Gasteiger partial charge in [-0.1, -0.05) is 42.5 Å². The average Bonchev–Trinajstić information content (AvgIpc) is 2.74. The maximum Gasteiger partial charge on any atom is 0.115 e. The highest BCUT2D eigenvalue weighted by molar-refractivity contribution is 5.32. The molecule has 2 nitrogen and oxygen atoms in total. The molecule has 0 aliphatic heterocycles. The highest BCUT2D eigenvalue weighted by Crippen LogP contribution is 2.45. The second-order valence-corrected chi connectivity index (χ2v) is 8.05. The van der Waals surface area contributed by atoms with Gasteiger partial charge in [-0.3, -0.25) is 8.78 Å². The van der Waals surface area contributed by atoms with Crippen molar-refractivity contribution in [2.24, 2.45) is 5.92 Å². The van der Waals surface area contributed by atoms with E-state index in [9.17, 15) is 19.0 Å². The first-order valence-corrected chi connectivity index (χ1v) is 9.65. The fraction of sp³-hybridized carbons (Fsp3) is 0.478. The maximum absolute atomic E-state index is 14.0. The van der Waals surface area contributed by atoms with Crippen LogP contribution < -0.4 is 0 Å². The van der Waals surface area contributed by atoms with Crippen molar-refractivity contribution < 1.29 is 19.0 Å². The van der Waals surface area contributed by atoms with Crippen LogP contribution in [0.1, 0.15) is 43.2 Å². The van der Waals surface area contributed by atoms with Gasteiger partial charge in [-0.2, -0.15) is 0 Å².